The van der Waals surface area contributed by atoms with Crippen LogP contribution in [0.3, 0.4) is 0 Å². The van der Waals surface area contributed by atoms with Gasteiger partial charge in [-0.05, 0) is 73.5 Å². The second-order valence-electron chi connectivity index (χ2n) is 10.3. The number of rotatable bonds is 12. The van der Waals surface area contributed by atoms with E-state index in [0.717, 1.165) is 24.4 Å². The lowest BCUT2D eigenvalue weighted by Crippen LogP contribution is -2.54. The fraction of sp³-hybridized carbons (Fsp3) is 0.212. The van der Waals surface area contributed by atoms with Crippen molar-refractivity contribution in [1.82, 2.24) is 10.2 Å². The highest BCUT2D eigenvalue weighted by Crippen LogP contribution is 2.26. The van der Waals surface area contributed by atoms with Gasteiger partial charge in [-0.1, -0.05) is 92.5 Å². The number of carbonyl (C=O) groups excluding carboxylic acids is 2. The Hall–Kier alpha value is -3.47. The second-order valence-corrected chi connectivity index (χ2v) is 14.0. The SMILES string of the molecule is CC(C)NC(=O)[C@H](Cc1ccccc1)N(Cc1ccc(Br)cc1)C(=O)CN(c1ccc(Br)cc1)S(=O)(=O)c1ccccc1. The van der Waals surface area contributed by atoms with E-state index >= 15 is 0 Å². The predicted octanol–water partition coefficient (Wildman–Crippen LogP) is 6.57. The van der Waals surface area contributed by atoms with E-state index < -0.39 is 28.5 Å². The molecule has 224 valence electrons. The molecule has 10 heteroatoms. The molecule has 0 aliphatic heterocycles. The molecular weight excluding hydrogens is 694 g/mol. The van der Waals surface area contributed by atoms with Gasteiger partial charge in [-0.3, -0.25) is 13.9 Å². The van der Waals surface area contributed by atoms with Crippen LogP contribution in [0.25, 0.3) is 0 Å². The molecule has 0 fully saturated rings. The van der Waals surface area contributed by atoms with Crippen LogP contribution in [0.2, 0.25) is 0 Å². The van der Waals surface area contributed by atoms with Crippen molar-refractivity contribution in [2.45, 2.75) is 43.8 Å². The molecule has 4 aromatic rings. The summed E-state index contributed by atoms with van der Waals surface area (Å²) in [5.41, 5.74) is 2.00. The Bertz CT molecular complexity index is 1620. The van der Waals surface area contributed by atoms with E-state index in [0.29, 0.717) is 5.69 Å². The maximum absolute atomic E-state index is 14.4. The Balaban J connectivity index is 1.79. The molecule has 0 saturated heterocycles. The summed E-state index contributed by atoms with van der Waals surface area (Å²) in [4.78, 5) is 29.6. The van der Waals surface area contributed by atoms with Gasteiger partial charge in [0.1, 0.15) is 12.6 Å². The molecule has 0 unspecified atom stereocenters. The van der Waals surface area contributed by atoms with Crippen molar-refractivity contribution in [3.8, 4) is 0 Å². The minimum atomic E-state index is -4.13. The van der Waals surface area contributed by atoms with Gasteiger partial charge >= 0.3 is 0 Å². The van der Waals surface area contributed by atoms with E-state index in [4.69, 9.17) is 0 Å². The predicted molar refractivity (Wildman–Crippen MR) is 177 cm³/mol. The van der Waals surface area contributed by atoms with Crippen LogP contribution in [0.15, 0.2) is 123 Å². The summed E-state index contributed by atoms with van der Waals surface area (Å²) < 4.78 is 30.7. The van der Waals surface area contributed by atoms with Crippen molar-refractivity contribution in [1.29, 1.82) is 0 Å². The van der Waals surface area contributed by atoms with Crippen LogP contribution in [0.1, 0.15) is 25.0 Å². The lowest BCUT2D eigenvalue weighted by Gasteiger charge is -2.34. The van der Waals surface area contributed by atoms with Crippen LogP contribution in [0.4, 0.5) is 5.69 Å². The van der Waals surface area contributed by atoms with Crippen molar-refractivity contribution in [3.05, 3.63) is 129 Å². The molecule has 2 amide bonds. The van der Waals surface area contributed by atoms with E-state index in [1.54, 1.807) is 42.5 Å². The number of sulfonamides is 1. The largest absolute Gasteiger partial charge is 0.352 e. The van der Waals surface area contributed by atoms with Gasteiger partial charge in [-0.25, -0.2) is 8.42 Å². The Morgan fingerprint density at radius 2 is 1.28 bits per heavy atom. The van der Waals surface area contributed by atoms with Crippen LogP contribution in [0, 0.1) is 0 Å². The van der Waals surface area contributed by atoms with E-state index in [1.807, 2.05) is 68.4 Å². The monoisotopic (exact) mass is 725 g/mol. The molecule has 4 aromatic carbocycles. The maximum Gasteiger partial charge on any atom is 0.264 e. The molecule has 1 N–H and O–H groups in total. The molecule has 0 bridgehead atoms. The average molecular weight is 728 g/mol. The normalized spacial score (nSPS) is 12.0. The van der Waals surface area contributed by atoms with E-state index in [9.17, 15) is 18.0 Å². The molecule has 0 saturated carbocycles. The Morgan fingerprint density at radius 1 is 0.744 bits per heavy atom. The number of halogens is 2. The Labute approximate surface area is 270 Å². The molecule has 4 rings (SSSR count). The highest BCUT2D eigenvalue weighted by molar-refractivity contribution is 9.10. The molecule has 0 heterocycles. The van der Waals surface area contributed by atoms with E-state index in [2.05, 4.69) is 37.2 Å². The number of carbonyl (C=O) groups is 2. The van der Waals surface area contributed by atoms with Gasteiger partial charge < -0.3 is 10.2 Å². The summed E-state index contributed by atoms with van der Waals surface area (Å²) >= 11 is 6.85. The third-order valence-corrected chi connectivity index (χ3v) is 9.54. The summed E-state index contributed by atoms with van der Waals surface area (Å²) in [6, 6.07) is 30.6. The molecule has 43 heavy (non-hydrogen) atoms. The summed E-state index contributed by atoms with van der Waals surface area (Å²) in [7, 11) is -4.13. The molecule has 0 spiro atoms. The summed E-state index contributed by atoms with van der Waals surface area (Å²) in [6.07, 6.45) is 0.255. The first-order valence-corrected chi connectivity index (χ1v) is 16.8. The summed E-state index contributed by atoms with van der Waals surface area (Å²) in [5, 5.41) is 2.96. The van der Waals surface area contributed by atoms with Gasteiger partial charge in [0.15, 0.2) is 0 Å². The number of nitrogens with one attached hydrogen (secondary N) is 1. The van der Waals surface area contributed by atoms with Crippen LogP contribution in [-0.2, 0) is 32.6 Å². The van der Waals surface area contributed by atoms with Crippen molar-refractivity contribution in [2.24, 2.45) is 0 Å². The number of hydrogen-bond donors (Lipinski definition) is 1. The number of anilines is 1. The zero-order valence-electron chi connectivity index (χ0n) is 23.9. The van der Waals surface area contributed by atoms with Gasteiger partial charge in [0.05, 0.1) is 10.6 Å². The fourth-order valence-corrected chi connectivity index (χ4v) is 6.54. The summed E-state index contributed by atoms with van der Waals surface area (Å²) in [6.45, 7) is 3.32. The highest BCUT2D eigenvalue weighted by atomic mass is 79.9. The molecule has 1 atom stereocenters. The zero-order valence-corrected chi connectivity index (χ0v) is 27.8. The highest BCUT2D eigenvalue weighted by Gasteiger charge is 2.34. The number of hydrogen-bond acceptors (Lipinski definition) is 4. The van der Waals surface area contributed by atoms with Crippen molar-refractivity contribution >= 4 is 59.4 Å². The number of benzene rings is 4. The third-order valence-electron chi connectivity index (χ3n) is 6.69. The van der Waals surface area contributed by atoms with Gasteiger partial charge in [0.2, 0.25) is 11.8 Å². The van der Waals surface area contributed by atoms with Crippen LogP contribution >= 0.6 is 31.9 Å². The van der Waals surface area contributed by atoms with Crippen molar-refractivity contribution < 1.29 is 18.0 Å². The first kappa shape index (κ1) is 32.4. The number of amides is 2. The molecular formula is C33H33Br2N3O4S. The summed E-state index contributed by atoms with van der Waals surface area (Å²) in [5.74, 6) is -0.824. The van der Waals surface area contributed by atoms with Crippen LogP contribution in [0.5, 0.6) is 0 Å². The third kappa shape index (κ3) is 8.78. The van der Waals surface area contributed by atoms with Gasteiger partial charge in [-0.15, -0.1) is 0 Å². The van der Waals surface area contributed by atoms with Crippen LogP contribution < -0.4 is 9.62 Å². The van der Waals surface area contributed by atoms with Gasteiger partial charge in [-0.2, -0.15) is 0 Å². The zero-order chi connectivity index (χ0) is 31.0. The van der Waals surface area contributed by atoms with Crippen molar-refractivity contribution in [2.75, 3.05) is 10.8 Å². The van der Waals surface area contributed by atoms with E-state index in [-0.39, 0.29) is 29.8 Å². The lowest BCUT2D eigenvalue weighted by atomic mass is 10.0. The molecule has 0 aliphatic carbocycles. The second kappa shape index (κ2) is 14.8. The van der Waals surface area contributed by atoms with Crippen molar-refractivity contribution in [3.63, 3.8) is 0 Å². The lowest BCUT2D eigenvalue weighted by molar-refractivity contribution is -0.140. The van der Waals surface area contributed by atoms with E-state index in [1.165, 1.54) is 17.0 Å². The molecule has 0 radical (unpaired) electrons. The van der Waals surface area contributed by atoms with Gasteiger partial charge in [0.25, 0.3) is 10.0 Å². The Kier molecular flexibility index (Phi) is 11.2. The average Bonchev–Trinajstić information content (AvgIpc) is 2.99. The minimum Gasteiger partial charge on any atom is -0.352 e. The number of nitrogens with zero attached hydrogens (tertiary/aromatic N) is 2. The Morgan fingerprint density at radius 3 is 1.84 bits per heavy atom. The maximum atomic E-state index is 14.4. The minimum absolute atomic E-state index is 0.0589. The topological polar surface area (TPSA) is 86.8 Å². The quantitative estimate of drug-likeness (QED) is 0.179. The van der Waals surface area contributed by atoms with Crippen LogP contribution in [-0.4, -0.2) is 43.8 Å². The first-order valence-electron chi connectivity index (χ1n) is 13.8. The standard InChI is InChI=1S/C33H33Br2N3O4S/c1-24(2)36-33(40)31(21-25-9-5-3-6-10-25)37(22-26-13-15-27(34)16-14-26)32(39)23-38(29-19-17-28(35)18-20-29)43(41,42)30-11-7-4-8-12-30/h3-20,24,31H,21-23H2,1-2H3,(H,36,40)/t31-/m0/s1. The molecule has 7 nitrogen and oxygen atoms in total. The first-order chi connectivity index (χ1) is 20.5. The molecule has 0 aliphatic rings. The van der Waals surface area contributed by atoms with Gasteiger partial charge in [0, 0.05) is 28.0 Å². The molecule has 0 aromatic heterocycles. The smallest absolute Gasteiger partial charge is 0.264 e. The fourth-order valence-electron chi connectivity index (χ4n) is 4.58.